The van der Waals surface area contributed by atoms with Crippen LogP contribution in [0.2, 0.25) is 0 Å². The number of H-pyrrole nitrogens is 1. The minimum atomic E-state index is -0.258. The molecular weight excluding hydrogens is 294 g/mol. The first-order chi connectivity index (χ1) is 10.8. The zero-order valence-electron chi connectivity index (χ0n) is 13.9. The van der Waals surface area contributed by atoms with Gasteiger partial charge in [0.1, 0.15) is 0 Å². The van der Waals surface area contributed by atoms with Gasteiger partial charge in [0.05, 0.1) is 5.92 Å². The molecule has 2 aliphatic heterocycles. The molecule has 0 aromatic carbocycles. The van der Waals surface area contributed by atoms with Gasteiger partial charge in [-0.2, -0.15) is 0 Å². The first-order valence-corrected chi connectivity index (χ1v) is 8.05. The highest BCUT2D eigenvalue weighted by Gasteiger charge is 2.41. The summed E-state index contributed by atoms with van der Waals surface area (Å²) in [7, 11) is 0. The number of carbonyl (C=O) groups is 2. The summed E-state index contributed by atoms with van der Waals surface area (Å²) in [5.74, 6) is -0.162. The Bertz CT molecular complexity index is 702. The van der Waals surface area contributed by atoms with E-state index in [0.717, 1.165) is 11.1 Å². The van der Waals surface area contributed by atoms with Crippen LogP contribution in [0.1, 0.15) is 38.3 Å². The Morgan fingerprint density at radius 3 is 2.65 bits per heavy atom. The molecule has 1 unspecified atom stereocenters. The van der Waals surface area contributed by atoms with Crippen molar-refractivity contribution in [3.05, 3.63) is 33.7 Å². The van der Waals surface area contributed by atoms with Gasteiger partial charge in [0.15, 0.2) is 0 Å². The van der Waals surface area contributed by atoms with Crippen molar-refractivity contribution in [2.75, 3.05) is 13.1 Å². The number of aromatic amines is 1. The third kappa shape index (κ3) is 3.02. The number of pyridine rings is 1. The summed E-state index contributed by atoms with van der Waals surface area (Å²) in [6, 6.07) is 1.61. The van der Waals surface area contributed by atoms with E-state index in [0.29, 0.717) is 32.5 Å². The monoisotopic (exact) mass is 317 g/mol. The molecule has 2 amide bonds. The van der Waals surface area contributed by atoms with E-state index in [-0.39, 0.29) is 28.8 Å². The number of likely N-dealkylation sites (tertiary alicyclic amines) is 1. The predicted molar refractivity (Wildman–Crippen MR) is 85.8 cm³/mol. The van der Waals surface area contributed by atoms with E-state index in [4.69, 9.17) is 0 Å². The molecule has 3 rings (SSSR count). The van der Waals surface area contributed by atoms with Gasteiger partial charge in [-0.15, -0.1) is 0 Å². The maximum atomic E-state index is 12.8. The van der Waals surface area contributed by atoms with E-state index >= 15 is 0 Å². The lowest BCUT2D eigenvalue weighted by atomic mass is 9.99. The highest BCUT2D eigenvalue weighted by Crippen LogP contribution is 2.28. The molecule has 1 aromatic heterocycles. The first-order valence-electron chi connectivity index (χ1n) is 8.05. The normalized spacial score (nSPS) is 21.5. The highest BCUT2D eigenvalue weighted by molar-refractivity contribution is 5.89. The van der Waals surface area contributed by atoms with Crippen LogP contribution in [0, 0.1) is 5.92 Å². The Morgan fingerprint density at radius 1 is 1.26 bits per heavy atom. The van der Waals surface area contributed by atoms with Crippen molar-refractivity contribution < 1.29 is 9.59 Å². The molecule has 1 aromatic rings. The van der Waals surface area contributed by atoms with Crippen molar-refractivity contribution in [2.24, 2.45) is 5.92 Å². The molecule has 1 saturated heterocycles. The molecule has 2 aliphatic rings. The van der Waals surface area contributed by atoms with Gasteiger partial charge in [0.2, 0.25) is 17.4 Å². The summed E-state index contributed by atoms with van der Waals surface area (Å²) in [5.41, 5.74) is 1.64. The largest absolute Gasteiger partial charge is 0.338 e. The van der Waals surface area contributed by atoms with Gasteiger partial charge in [-0.05, 0) is 38.3 Å². The van der Waals surface area contributed by atoms with Gasteiger partial charge in [-0.1, -0.05) is 0 Å². The van der Waals surface area contributed by atoms with Crippen molar-refractivity contribution in [3.63, 3.8) is 0 Å². The van der Waals surface area contributed by atoms with Crippen LogP contribution in [-0.4, -0.2) is 45.2 Å². The Kier molecular flexibility index (Phi) is 3.78. The van der Waals surface area contributed by atoms with E-state index in [1.807, 2.05) is 25.7 Å². The van der Waals surface area contributed by atoms with Gasteiger partial charge in [0, 0.05) is 43.9 Å². The summed E-state index contributed by atoms with van der Waals surface area (Å²) in [6.07, 6.45) is 2.68. The third-order valence-corrected chi connectivity index (χ3v) is 4.71. The number of hydrogen-bond acceptors (Lipinski definition) is 3. The van der Waals surface area contributed by atoms with E-state index < -0.39 is 0 Å². The first kappa shape index (κ1) is 15.8. The SMILES string of the molecule is CC(C)(C)N1CC(C(=O)N2CCc3cc(=O)[nH]cc3C2)CC1=O. The molecular formula is C17H23N3O3. The van der Waals surface area contributed by atoms with E-state index in [1.165, 1.54) is 0 Å². The Morgan fingerprint density at radius 2 is 2.00 bits per heavy atom. The van der Waals surface area contributed by atoms with Crippen molar-refractivity contribution in [1.29, 1.82) is 0 Å². The van der Waals surface area contributed by atoms with E-state index in [9.17, 15) is 14.4 Å². The molecule has 0 saturated carbocycles. The summed E-state index contributed by atoms with van der Waals surface area (Å²) < 4.78 is 0. The van der Waals surface area contributed by atoms with Gasteiger partial charge in [0.25, 0.3) is 0 Å². The molecule has 1 fully saturated rings. The molecule has 0 radical (unpaired) electrons. The molecule has 6 heteroatoms. The van der Waals surface area contributed by atoms with Crippen LogP contribution in [0.4, 0.5) is 0 Å². The number of nitrogens with zero attached hydrogens (tertiary/aromatic N) is 2. The number of fused-ring (bicyclic) bond motifs is 1. The lowest BCUT2D eigenvalue weighted by Crippen LogP contribution is -2.44. The van der Waals surface area contributed by atoms with Crippen LogP contribution in [0.3, 0.4) is 0 Å². The number of rotatable bonds is 1. The fourth-order valence-electron chi connectivity index (χ4n) is 3.43. The molecule has 1 N–H and O–H groups in total. The molecule has 1 atom stereocenters. The second-order valence-electron chi connectivity index (χ2n) is 7.43. The van der Waals surface area contributed by atoms with E-state index in [2.05, 4.69) is 4.98 Å². The van der Waals surface area contributed by atoms with Crippen LogP contribution in [0.5, 0.6) is 0 Å². The van der Waals surface area contributed by atoms with Crippen molar-refractivity contribution in [1.82, 2.24) is 14.8 Å². The van der Waals surface area contributed by atoms with Crippen molar-refractivity contribution >= 4 is 11.8 Å². The maximum absolute atomic E-state index is 12.8. The fraction of sp³-hybridized carbons (Fsp3) is 0.588. The number of aromatic nitrogens is 1. The molecule has 3 heterocycles. The van der Waals surface area contributed by atoms with Gasteiger partial charge >= 0.3 is 0 Å². The summed E-state index contributed by atoms with van der Waals surface area (Å²) in [5, 5.41) is 0. The van der Waals surface area contributed by atoms with Crippen molar-refractivity contribution in [3.8, 4) is 0 Å². The number of hydrogen-bond donors (Lipinski definition) is 1. The lowest BCUT2D eigenvalue weighted by molar-refractivity contribution is -0.136. The Balaban J connectivity index is 1.72. The molecule has 0 spiro atoms. The second-order valence-corrected chi connectivity index (χ2v) is 7.43. The molecule has 6 nitrogen and oxygen atoms in total. The summed E-state index contributed by atoms with van der Waals surface area (Å²) in [4.78, 5) is 42.6. The smallest absolute Gasteiger partial charge is 0.248 e. The topological polar surface area (TPSA) is 73.5 Å². The van der Waals surface area contributed by atoms with Crippen LogP contribution >= 0.6 is 0 Å². The second kappa shape index (κ2) is 5.51. The van der Waals surface area contributed by atoms with Crippen LogP contribution in [0.15, 0.2) is 17.1 Å². The van der Waals surface area contributed by atoms with Crippen LogP contribution in [-0.2, 0) is 22.6 Å². The third-order valence-electron chi connectivity index (χ3n) is 4.71. The maximum Gasteiger partial charge on any atom is 0.248 e. The lowest BCUT2D eigenvalue weighted by Gasteiger charge is -2.33. The minimum Gasteiger partial charge on any atom is -0.338 e. The quantitative estimate of drug-likeness (QED) is 0.836. The zero-order valence-corrected chi connectivity index (χ0v) is 13.9. The van der Waals surface area contributed by atoms with Gasteiger partial charge < -0.3 is 14.8 Å². The molecule has 0 aliphatic carbocycles. The van der Waals surface area contributed by atoms with Crippen LogP contribution in [0.25, 0.3) is 0 Å². The summed E-state index contributed by atoms with van der Waals surface area (Å²) in [6.45, 7) is 7.58. The van der Waals surface area contributed by atoms with Gasteiger partial charge in [-0.3, -0.25) is 14.4 Å². The highest BCUT2D eigenvalue weighted by atomic mass is 16.2. The van der Waals surface area contributed by atoms with Crippen LogP contribution < -0.4 is 5.56 Å². The number of nitrogens with one attached hydrogen (secondary N) is 1. The number of amides is 2. The fourth-order valence-corrected chi connectivity index (χ4v) is 3.43. The zero-order chi connectivity index (χ0) is 16.8. The molecule has 23 heavy (non-hydrogen) atoms. The van der Waals surface area contributed by atoms with Crippen molar-refractivity contribution in [2.45, 2.75) is 45.7 Å². The Hall–Kier alpha value is -2.11. The summed E-state index contributed by atoms with van der Waals surface area (Å²) >= 11 is 0. The van der Waals surface area contributed by atoms with Gasteiger partial charge in [-0.25, -0.2) is 0 Å². The molecule has 0 bridgehead atoms. The predicted octanol–water partition coefficient (Wildman–Crippen LogP) is 0.907. The molecule has 124 valence electrons. The minimum absolute atomic E-state index is 0.0435. The Labute approximate surface area is 135 Å². The number of carbonyl (C=O) groups excluding carboxylic acids is 2. The van der Waals surface area contributed by atoms with E-state index in [1.54, 1.807) is 17.2 Å². The standard InChI is InChI=1S/C17H23N3O3/c1-17(2,3)20-10-12(7-15(20)22)16(23)19-5-4-11-6-14(21)18-8-13(11)9-19/h6,8,12H,4-5,7,9-10H2,1-3H3,(H,18,21). The average molecular weight is 317 g/mol. The average Bonchev–Trinajstić information content (AvgIpc) is 2.88.